The monoisotopic (exact) mass is 291 g/mol. The quantitative estimate of drug-likeness (QED) is 0.727. The lowest BCUT2D eigenvalue weighted by molar-refractivity contribution is 0.297. The Kier molecular flexibility index (Phi) is 3.42. The van der Waals surface area contributed by atoms with E-state index in [1.54, 1.807) is 6.20 Å². The van der Waals surface area contributed by atoms with Crippen molar-refractivity contribution in [3.05, 3.63) is 45.8 Å². The van der Waals surface area contributed by atoms with E-state index < -0.39 is 0 Å². The molecule has 0 unspecified atom stereocenters. The first-order valence-electron chi connectivity index (χ1n) is 6.17. The standard InChI is InChI=1S/C13H13N3O3S/c17-11-9-20-13(18)16(11)6-2-8-19-10-3-1-5-15-7-4-14-12(10)15/h1,3-5,7,9,17H,2,6,8H2. The van der Waals surface area contributed by atoms with Gasteiger partial charge < -0.3 is 14.2 Å². The van der Waals surface area contributed by atoms with Gasteiger partial charge in [0.15, 0.2) is 11.4 Å². The highest BCUT2D eigenvalue weighted by Gasteiger charge is 2.06. The van der Waals surface area contributed by atoms with E-state index in [1.165, 1.54) is 9.95 Å². The molecule has 0 saturated heterocycles. The van der Waals surface area contributed by atoms with Crippen LogP contribution in [-0.4, -0.2) is 25.7 Å². The van der Waals surface area contributed by atoms with Gasteiger partial charge in [0.2, 0.25) is 5.88 Å². The summed E-state index contributed by atoms with van der Waals surface area (Å²) in [6, 6.07) is 3.75. The summed E-state index contributed by atoms with van der Waals surface area (Å²) in [6.07, 6.45) is 6.10. The van der Waals surface area contributed by atoms with Crippen LogP contribution in [0.15, 0.2) is 40.9 Å². The van der Waals surface area contributed by atoms with Crippen molar-refractivity contribution in [2.75, 3.05) is 6.61 Å². The summed E-state index contributed by atoms with van der Waals surface area (Å²) in [6.45, 7) is 0.889. The zero-order valence-corrected chi connectivity index (χ0v) is 11.4. The van der Waals surface area contributed by atoms with Gasteiger partial charge >= 0.3 is 4.87 Å². The first-order chi connectivity index (χ1) is 9.75. The molecule has 0 amide bonds. The number of aromatic hydroxyl groups is 1. The number of pyridine rings is 1. The van der Waals surface area contributed by atoms with E-state index in [0.29, 0.717) is 25.3 Å². The van der Waals surface area contributed by atoms with Crippen molar-refractivity contribution in [3.63, 3.8) is 0 Å². The maximum absolute atomic E-state index is 11.4. The molecule has 3 heterocycles. The molecule has 0 aromatic carbocycles. The minimum absolute atomic E-state index is 0.00959. The van der Waals surface area contributed by atoms with Crippen LogP contribution in [0.2, 0.25) is 0 Å². The topological polar surface area (TPSA) is 68.8 Å². The molecule has 0 aliphatic heterocycles. The predicted octanol–water partition coefficient (Wildman–Crippen LogP) is 1.73. The molecule has 7 heteroatoms. The normalized spacial score (nSPS) is 11.0. The lowest BCUT2D eigenvalue weighted by Crippen LogP contribution is -2.14. The molecule has 0 spiro atoms. The minimum atomic E-state index is -0.155. The Morgan fingerprint density at radius 2 is 2.30 bits per heavy atom. The number of thiazole rings is 1. The average Bonchev–Trinajstić information content (AvgIpc) is 3.04. The molecule has 3 rings (SSSR count). The highest BCUT2D eigenvalue weighted by Crippen LogP contribution is 2.17. The van der Waals surface area contributed by atoms with E-state index in [4.69, 9.17) is 4.74 Å². The molecular weight excluding hydrogens is 278 g/mol. The fraction of sp³-hybridized carbons (Fsp3) is 0.231. The number of fused-ring (bicyclic) bond motifs is 1. The molecule has 6 nitrogen and oxygen atoms in total. The van der Waals surface area contributed by atoms with Crippen LogP contribution >= 0.6 is 11.3 Å². The lowest BCUT2D eigenvalue weighted by Gasteiger charge is -2.07. The smallest absolute Gasteiger partial charge is 0.309 e. The van der Waals surface area contributed by atoms with Crippen molar-refractivity contribution in [2.45, 2.75) is 13.0 Å². The molecule has 0 aliphatic rings. The third kappa shape index (κ3) is 2.39. The molecule has 1 N–H and O–H groups in total. The number of hydrogen-bond donors (Lipinski definition) is 1. The highest BCUT2D eigenvalue weighted by molar-refractivity contribution is 7.07. The minimum Gasteiger partial charge on any atom is -0.494 e. The van der Waals surface area contributed by atoms with Gasteiger partial charge in [0, 0.05) is 25.1 Å². The Hall–Kier alpha value is -2.28. The van der Waals surface area contributed by atoms with E-state index in [0.717, 1.165) is 17.0 Å². The molecule has 0 saturated carbocycles. The van der Waals surface area contributed by atoms with Crippen molar-refractivity contribution in [2.24, 2.45) is 0 Å². The van der Waals surface area contributed by atoms with Gasteiger partial charge in [-0.15, -0.1) is 0 Å². The number of imidazole rings is 1. The van der Waals surface area contributed by atoms with Crippen molar-refractivity contribution in [3.8, 4) is 11.6 Å². The SMILES string of the molecule is O=c1scc(O)n1CCCOc1cccn2ccnc12. The molecule has 0 aliphatic carbocycles. The van der Waals surface area contributed by atoms with Gasteiger partial charge in [-0.1, -0.05) is 11.3 Å². The number of rotatable bonds is 5. The van der Waals surface area contributed by atoms with Crippen LogP contribution in [0.5, 0.6) is 11.6 Å². The van der Waals surface area contributed by atoms with E-state index >= 15 is 0 Å². The average molecular weight is 291 g/mol. The Balaban J connectivity index is 1.61. The zero-order chi connectivity index (χ0) is 13.9. The van der Waals surface area contributed by atoms with Gasteiger partial charge in [-0.2, -0.15) is 0 Å². The van der Waals surface area contributed by atoms with Crippen LogP contribution in [0.4, 0.5) is 0 Å². The van der Waals surface area contributed by atoms with Gasteiger partial charge in [0.05, 0.1) is 12.0 Å². The van der Waals surface area contributed by atoms with Gasteiger partial charge in [0.1, 0.15) is 0 Å². The first kappa shape index (κ1) is 12.7. The third-order valence-electron chi connectivity index (χ3n) is 2.93. The maximum atomic E-state index is 11.4. The number of aromatic nitrogens is 3. The van der Waals surface area contributed by atoms with Crippen LogP contribution in [0.25, 0.3) is 5.65 Å². The Morgan fingerprint density at radius 1 is 1.40 bits per heavy atom. The molecule has 20 heavy (non-hydrogen) atoms. The summed E-state index contributed by atoms with van der Waals surface area (Å²) >= 11 is 0.992. The second kappa shape index (κ2) is 5.38. The fourth-order valence-electron chi connectivity index (χ4n) is 1.97. The second-order valence-corrected chi connectivity index (χ2v) is 5.06. The largest absolute Gasteiger partial charge is 0.494 e. The molecule has 0 atom stereocenters. The van der Waals surface area contributed by atoms with E-state index in [9.17, 15) is 9.90 Å². The highest BCUT2D eigenvalue weighted by atomic mass is 32.1. The fourth-order valence-corrected chi connectivity index (χ4v) is 2.61. The van der Waals surface area contributed by atoms with Gasteiger partial charge in [-0.25, -0.2) is 4.98 Å². The molecule has 3 aromatic heterocycles. The van der Waals surface area contributed by atoms with Crippen LogP contribution in [0.3, 0.4) is 0 Å². The summed E-state index contributed by atoms with van der Waals surface area (Å²) in [7, 11) is 0. The van der Waals surface area contributed by atoms with Crippen LogP contribution in [0.1, 0.15) is 6.42 Å². The molecular formula is C13H13N3O3S. The number of ether oxygens (including phenoxy) is 1. The second-order valence-electron chi connectivity index (χ2n) is 4.24. The molecule has 0 fully saturated rings. The first-order valence-corrected chi connectivity index (χ1v) is 7.05. The van der Waals surface area contributed by atoms with Crippen molar-refractivity contribution in [1.82, 2.24) is 14.0 Å². The lowest BCUT2D eigenvalue weighted by atomic mass is 10.4. The van der Waals surface area contributed by atoms with Gasteiger partial charge in [0.25, 0.3) is 0 Å². The summed E-state index contributed by atoms with van der Waals surface area (Å²) in [5, 5.41) is 10.9. The Labute approximate surface area is 118 Å². The zero-order valence-electron chi connectivity index (χ0n) is 10.6. The number of hydrogen-bond acceptors (Lipinski definition) is 5. The summed E-state index contributed by atoms with van der Waals surface area (Å²) in [5.74, 6) is 0.717. The molecule has 104 valence electrons. The number of nitrogens with zero attached hydrogens (tertiary/aromatic N) is 3. The Bertz CT molecular complexity index is 774. The van der Waals surface area contributed by atoms with Gasteiger partial charge in [-0.05, 0) is 18.6 Å². The Morgan fingerprint density at radius 3 is 3.10 bits per heavy atom. The summed E-state index contributed by atoms with van der Waals surface area (Å²) in [5.41, 5.74) is 0.767. The third-order valence-corrected chi connectivity index (χ3v) is 3.68. The molecule has 0 radical (unpaired) electrons. The van der Waals surface area contributed by atoms with Crippen molar-refractivity contribution < 1.29 is 9.84 Å². The summed E-state index contributed by atoms with van der Waals surface area (Å²) in [4.78, 5) is 15.5. The molecule has 0 bridgehead atoms. The predicted molar refractivity (Wildman–Crippen MR) is 75.5 cm³/mol. The van der Waals surface area contributed by atoms with E-state index in [-0.39, 0.29) is 10.8 Å². The van der Waals surface area contributed by atoms with Crippen LogP contribution < -0.4 is 9.61 Å². The van der Waals surface area contributed by atoms with E-state index in [2.05, 4.69) is 4.98 Å². The van der Waals surface area contributed by atoms with Crippen LogP contribution in [0, 0.1) is 0 Å². The maximum Gasteiger partial charge on any atom is 0.309 e. The van der Waals surface area contributed by atoms with Crippen molar-refractivity contribution >= 4 is 17.0 Å². The van der Waals surface area contributed by atoms with Gasteiger partial charge in [-0.3, -0.25) is 9.36 Å². The van der Waals surface area contributed by atoms with E-state index in [1.807, 2.05) is 28.9 Å². The van der Waals surface area contributed by atoms with Crippen molar-refractivity contribution in [1.29, 1.82) is 0 Å². The summed E-state index contributed by atoms with van der Waals surface area (Å²) < 4.78 is 8.90. The molecule has 3 aromatic rings. The van der Waals surface area contributed by atoms with Crippen LogP contribution in [-0.2, 0) is 6.54 Å².